The molecular formula is C10H12N2O2S. The first-order valence-electron chi connectivity index (χ1n) is 4.76. The zero-order chi connectivity index (χ0) is 10.8. The maximum Gasteiger partial charge on any atom is 0.245 e. The fraction of sp³-hybridized carbons (Fsp3) is 0.400. The van der Waals surface area contributed by atoms with Gasteiger partial charge in [-0.15, -0.1) is 0 Å². The molecule has 1 aliphatic heterocycles. The van der Waals surface area contributed by atoms with Gasteiger partial charge in [-0.2, -0.15) is 11.3 Å². The van der Waals surface area contributed by atoms with Crippen molar-refractivity contribution in [3.05, 3.63) is 22.4 Å². The van der Waals surface area contributed by atoms with Crippen LogP contribution in [0.15, 0.2) is 16.8 Å². The Bertz CT molecular complexity index is 375. The van der Waals surface area contributed by atoms with Crippen molar-refractivity contribution in [2.24, 2.45) is 0 Å². The van der Waals surface area contributed by atoms with Crippen LogP contribution < -0.4 is 5.32 Å². The number of rotatable bonds is 2. The van der Waals surface area contributed by atoms with Crippen LogP contribution in [0.3, 0.4) is 0 Å². The molecule has 1 fully saturated rings. The summed E-state index contributed by atoms with van der Waals surface area (Å²) in [6.07, 6.45) is 0. The lowest BCUT2D eigenvalue weighted by Crippen LogP contribution is -2.56. The number of hydrogen-bond donors (Lipinski definition) is 1. The Morgan fingerprint density at radius 1 is 1.60 bits per heavy atom. The molecule has 80 valence electrons. The Morgan fingerprint density at radius 3 is 3.07 bits per heavy atom. The fourth-order valence-electron chi connectivity index (χ4n) is 1.61. The van der Waals surface area contributed by atoms with Gasteiger partial charge in [0.05, 0.1) is 6.54 Å². The third kappa shape index (κ3) is 2.18. The summed E-state index contributed by atoms with van der Waals surface area (Å²) in [5, 5.41) is 6.57. The lowest BCUT2D eigenvalue weighted by Gasteiger charge is -2.30. The maximum absolute atomic E-state index is 11.7. The molecule has 0 radical (unpaired) electrons. The van der Waals surface area contributed by atoms with Gasteiger partial charge < -0.3 is 10.2 Å². The Kier molecular flexibility index (Phi) is 2.73. The van der Waals surface area contributed by atoms with Crippen molar-refractivity contribution in [3.8, 4) is 0 Å². The molecule has 0 saturated carbocycles. The van der Waals surface area contributed by atoms with Crippen molar-refractivity contribution >= 4 is 23.2 Å². The second-order valence-corrected chi connectivity index (χ2v) is 4.40. The van der Waals surface area contributed by atoms with E-state index in [2.05, 4.69) is 5.32 Å². The van der Waals surface area contributed by atoms with Gasteiger partial charge in [0.1, 0.15) is 6.04 Å². The summed E-state index contributed by atoms with van der Waals surface area (Å²) in [5.41, 5.74) is 1.08. The van der Waals surface area contributed by atoms with E-state index in [9.17, 15) is 9.59 Å². The van der Waals surface area contributed by atoms with Gasteiger partial charge in [0.15, 0.2) is 0 Å². The highest BCUT2D eigenvalue weighted by Crippen LogP contribution is 2.12. The molecule has 1 saturated heterocycles. The third-order valence-electron chi connectivity index (χ3n) is 2.35. The standard InChI is InChI=1S/C10H12N2O2S/c1-7-10(14)12(5-9(13)11-7)4-8-2-3-15-6-8/h2-3,6-7H,4-5H2,1H3,(H,11,13). The maximum atomic E-state index is 11.7. The van der Waals surface area contributed by atoms with Gasteiger partial charge in [0.2, 0.25) is 11.8 Å². The Balaban J connectivity index is 2.07. The van der Waals surface area contributed by atoms with E-state index in [-0.39, 0.29) is 18.4 Å². The number of hydrogen-bond acceptors (Lipinski definition) is 3. The number of amides is 2. The normalized spacial score (nSPS) is 21.7. The van der Waals surface area contributed by atoms with Crippen LogP contribution in [0.5, 0.6) is 0 Å². The molecule has 15 heavy (non-hydrogen) atoms. The van der Waals surface area contributed by atoms with Gasteiger partial charge >= 0.3 is 0 Å². The molecule has 2 rings (SSSR count). The number of carbonyl (C=O) groups is 2. The molecule has 0 aliphatic carbocycles. The van der Waals surface area contributed by atoms with Crippen molar-refractivity contribution in [2.75, 3.05) is 6.54 Å². The number of thiophene rings is 1. The first kappa shape index (κ1) is 10.2. The lowest BCUT2D eigenvalue weighted by molar-refractivity contribution is -0.144. The first-order valence-corrected chi connectivity index (χ1v) is 5.70. The van der Waals surface area contributed by atoms with Crippen LogP contribution in [0.25, 0.3) is 0 Å². The van der Waals surface area contributed by atoms with Crippen LogP contribution >= 0.6 is 11.3 Å². The number of carbonyl (C=O) groups excluding carboxylic acids is 2. The van der Waals surface area contributed by atoms with E-state index in [0.29, 0.717) is 6.54 Å². The zero-order valence-electron chi connectivity index (χ0n) is 8.40. The van der Waals surface area contributed by atoms with Crippen LogP contribution in [0, 0.1) is 0 Å². The van der Waals surface area contributed by atoms with E-state index in [1.807, 2.05) is 16.8 Å². The molecule has 1 unspecified atom stereocenters. The van der Waals surface area contributed by atoms with Crippen molar-refractivity contribution in [2.45, 2.75) is 19.5 Å². The first-order chi connectivity index (χ1) is 7.16. The summed E-state index contributed by atoms with van der Waals surface area (Å²) >= 11 is 1.59. The monoisotopic (exact) mass is 224 g/mol. The summed E-state index contributed by atoms with van der Waals surface area (Å²) in [5.74, 6) is -0.0990. The van der Waals surface area contributed by atoms with Gasteiger partial charge in [-0.05, 0) is 29.3 Å². The topological polar surface area (TPSA) is 49.4 Å². The average Bonchev–Trinajstić information content (AvgIpc) is 2.66. The molecule has 0 bridgehead atoms. The highest BCUT2D eigenvalue weighted by Gasteiger charge is 2.29. The Labute approximate surface area is 91.9 Å². The molecule has 0 spiro atoms. The zero-order valence-corrected chi connectivity index (χ0v) is 9.21. The fourth-order valence-corrected chi connectivity index (χ4v) is 2.27. The van der Waals surface area contributed by atoms with E-state index in [4.69, 9.17) is 0 Å². The highest BCUT2D eigenvalue weighted by molar-refractivity contribution is 7.07. The average molecular weight is 224 g/mol. The van der Waals surface area contributed by atoms with E-state index < -0.39 is 6.04 Å². The summed E-state index contributed by atoms with van der Waals surface area (Å²) in [6, 6.07) is 1.57. The molecule has 4 nitrogen and oxygen atoms in total. The van der Waals surface area contributed by atoms with Crippen LogP contribution in [0.4, 0.5) is 0 Å². The minimum Gasteiger partial charge on any atom is -0.343 e. The van der Waals surface area contributed by atoms with E-state index in [1.165, 1.54) is 0 Å². The Hall–Kier alpha value is -1.36. The summed E-state index contributed by atoms with van der Waals surface area (Å²) < 4.78 is 0. The number of nitrogens with one attached hydrogen (secondary N) is 1. The molecular weight excluding hydrogens is 212 g/mol. The molecule has 1 atom stereocenters. The van der Waals surface area contributed by atoms with Crippen LogP contribution in [0.1, 0.15) is 12.5 Å². The van der Waals surface area contributed by atoms with Gasteiger partial charge in [-0.1, -0.05) is 0 Å². The largest absolute Gasteiger partial charge is 0.343 e. The van der Waals surface area contributed by atoms with Crippen molar-refractivity contribution in [1.82, 2.24) is 10.2 Å². The Morgan fingerprint density at radius 2 is 2.40 bits per heavy atom. The summed E-state index contributed by atoms with van der Waals surface area (Å²) in [4.78, 5) is 24.6. The summed E-state index contributed by atoms with van der Waals surface area (Å²) in [7, 11) is 0. The van der Waals surface area contributed by atoms with Crippen molar-refractivity contribution in [1.29, 1.82) is 0 Å². The molecule has 1 aromatic rings. The van der Waals surface area contributed by atoms with Gasteiger partial charge in [-0.25, -0.2) is 0 Å². The van der Waals surface area contributed by atoms with Crippen LogP contribution in [0.2, 0.25) is 0 Å². The predicted molar refractivity (Wildman–Crippen MR) is 57.3 cm³/mol. The van der Waals surface area contributed by atoms with Crippen LogP contribution in [-0.4, -0.2) is 29.3 Å². The second-order valence-electron chi connectivity index (χ2n) is 3.62. The smallest absolute Gasteiger partial charge is 0.245 e. The summed E-state index contributed by atoms with van der Waals surface area (Å²) in [6.45, 7) is 2.40. The van der Waals surface area contributed by atoms with Gasteiger partial charge in [0, 0.05) is 6.54 Å². The van der Waals surface area contributed by atoms with Crippen LogP contribution in [-0.2, 0) is 16.1 Å². The van der Waals surface area contributed by atoms with Gasteiger partial charge in [-0.3, -0.25) is 9.59 Å². The molecule has 1 aliphatic rings. The van der Waals surface area contributed by atoms with Gasteiger partial charge in [0.25, 0.3) is 0 Å². The van der Waals surface area contributed by atoms with E-state index in [1.54, 1.807) is 23.2 Å². The minimum absolute atomic E-state index is 0.0131. The SMILES string of the molecule is CC1NC(=O)CN(Cc2ccsc2)C1=O. The molecule has 0 aromatic carbocycles. The molecule has 1 N–H and O–H groups in total. The third-order valence-corrected chi connectivity index (χ3v) is 3.08. The number of nitrogens with zero attached hydrogens (tertiary/aromatic N) is 1. The quantitative estimate of drug-likeness (QED) is 0.799. The number of piperazine rings is 1. The molecule has 2 amide bonds. The molecule has 5 heteroatoms. The molecule has 2 heterocycles. The van der Waals surface area contributed by atoms with E-state index >= 15 is 0 Å². The van der Waals surface area contributed by atoms with Crippen molar-refractivity contribution < 1.29 is 9.59 Å². The van der Waals surface area contributed by atoms with Crippen molar-refractivity contribution in [3.63, 3.8) is 0 Å². The lowest BCUT2D eigenvalue weighted by atomic mass is 10.2. The highest BCUT2D eigenvalue weighted by atomic mass is 32.1. The minimum atomic E-state index is -0.398. The van der Waals surface area contributed by atoms with E-state index in [0.717, 1.165) is 5.56 Å². The predicted octanol–water partition coefficient (Wildman–Crippen LogP) is 0.595. The molecule has 1 aromatic heterocycles. The second kappa shape index (κ2) is 4.02.